The van der Waals surface area contributed by atoms with Crippen molar-refractivity contribution in [1.29, 1.82) is 0 Å². The van der Waals surface area contributed by atoms with Crippen molar-refractivity contribution in [2.45, 2.75) is 284 Å². The van der Waals surface area contributed by atoms with Gasteiger partial charge >= 0.3 is 17.9 Å². The molecule has 69 heavy (non-hydrogen) atoms. The Hall–Kier alpha value is -3.41. The topological polar surface area (TPSA) is 78.9 Å². The van der Waals surface area contributed by atoms with Gasteiger partial charge in [0, 0.05) is 19.3 Å². The van der Waals surface area contributed by atoms with Crippen LogP contribution in [0, 0.1) is 0 Å². The zero-order valence-corrected chi connectivity index (χ0v) is 45.3. The number of ether oxygens (including phenoxy) is 3. The number of hydrogen-bond acceptors (Lipinski definition) is 6. The van der Waals surface area contributed by atoms with Crippen LogP contribution in [0.1, 0.15) is 278 Å². The number of allylic oxidation sites excluding steroid dienone is 14. The Bertz CT molecular complexity index is 1330. The minimum atomic E-state index is -0.819. The van der Waals surface area contributed by atoms with Crippen LogP contribution in [0.25, 0.3) is 0 Å². The Kier molecular flexibility index (Phi) is 54.3. The average Bonchev–Trinajstić information content (AvgIpc) is 3.35. The fraction of sp³-hybridized carbons (Fsp3) is 0.730. The molecule has 0 radical (unpaired) electrons. The molecule has 6 nitrogen and oxygen atoms in total. The lowest BCUT2D eigenvalue weighted by Crippen LogP contribution is -2.30. The molecule has 0 rings (SSSR count). The van der Waals surface area contributed by atoms with Gasteiger partial charge in [0.15, 0.2) is 6.10 Å². The van der Waals surface area contributed by atoms with Crippen LogP contribution in [0.15, 0.2) is 85.1 Å². The summed E-state index contributed by atoms with van der Waals surface area (Å²) in [6.45, 7) is 6.44. The Morgan fingerprint density at radius 3 is 0.986 bits per heavy atom. The maximum atomic E-state index is 12.8. The predicted octanol–water partition coefficient (Wildman–Crippen LogP) is 19.5. The SMILES string of the molecule is CC/C=C\C/C=C\C/C=C\C/C=C\C/C=C\C/C=C\CCC(=O)OC(COC(=O)CCCCCCC/C=C\CCCC)COC(=O)CCCCCCCCCCCCCCCCCCCCCCC. The van der Waals surface area contributed by atoms with Crippen molar-refractivity contribution < 1.29 is 28.6 Å². The van der Waals surface area contributed by atoms with Gasteiger partial charge < -0.3 is 14.2 Å². The van der Waals surface area contributed by atoms with Crippen LogP contribution in [-0.2, 0) is 28.6 Å². The molecule has 0 aromatic heterocycles. The van der Waals surface area contributed by atoms with E-state index in [1.807, 2.05) is 6.08 Å². The molecule has 396 valence electrons. The van der Waals surface area contributed by atoms with Gasteiger partial charge in [-0.15, -0.1) is 0 Å². The van der Waals surface area contributed by atoms with E-state index in [1.54, 1.807) is 0 Å². The molecule has 0 N–H and O–H groups in total. The Morgan fingerprint density at radius 1 is 0.304 bits per heavy atom. The first kappa shape index (κ1) is 65.6. The molecular weight excluding hydrogens is 853 g/mol. The molecule has 6 heteroatoms. The molecule has 0 amide bonds. The summed E-state index contributed by atoms with van der Waals surface area (Å²) in [5.41, 5.74) is 0. The van der Waals surface area contributed by atoms with Crippen molar-refractivity contribution in [3.05, 3.63) is 85.1 Å². The van der Waals surface area contributed by atoms with Gasteiger partial charge in [-0.3, -0.25) is 14.4 Å². The molecule has 0 aromatic carbocycles. The molecule has 0 aliphatic heterocycles. The molecule has 0 spiro atoms. The van der Waals surface area contributed by atoms with Gasteiger partial charge in [-0.2, -0.15) is 0 Å². The van der Waals surface area contributed by atoms with E-state index in [9.17, 15) is 14.4 Å². The van der Waals surface area contributed by atoms with E-state index in [0.717, 1.165) is 89.9 Å². The molecule has 0 aliphatic rings. The monoisotopic (exact) mass is 961 g/mol. The van der Waals surface area contributed by atoms with Gasteiger partial charge in [-0.25, -0.2) is 0 Å². The van der Waals surface area contributed by atoms with Gasteiger partial charge in [0.2, 0.25) is 0 Å². The maximum Gasteiger partial charge on any atom is 0.306 e. The van der Waals surface area contributed by atoms with Crippen LogP contribution in [0.2, 0.25) is 0 Å². The number of esters is 3. The number of carbonyl (C=O) groups is 3. The second-order valence-corrected chi connectivity index (χ2v) is 19.2. The fourth-order valence-electron chi connectivity index (χ4n) is 8.04. The van der Waals surface area contributed by atoms with Crippen LogP contribution in [-0.4, -0.2) is 37.2 Å². The highest BCUT2D eigenvalue weighted by molar-refractivity contribution is 5.71. The van der Waals surface area contributed by atoms with Crippen molar-refractivity contribution in [3.8, 4) is 0 Å². The fourth-order valence-corrected chi connectivity index (χ4v) is 8.04. The number of carbonyl (C=O) groups excluding carboxylic acids is 3. The van der Waals surface area contributed by atoms with Crippen LogP contribution < -0.4 is 0 Å². The molecular formula is C63H108O6. The van der Waals surface area contributed by atoms with E-state index < -0.39 is 12.1 Å². The second-order valence-electron chi connectivity index (χ2n) is 19.2. The van der Waals surface area contributed by atoms with Gasteiger partial charge in [-0.05, 0) is 77.0 Å². The molecule has 1 atom stereocenters. The quantitative estimate of drug-likeness (QED) is 0.0262. The first-order valence-corrected chi connectivity index (χ1v) is 29.1. The standard InChI is InChI=1S/C63H108O6/c1-4-7-10-13-16-19-22-24-26-28-30-31-33-34-36-38-41-44-47-50-53-56-62(65)68-59-60(58-67-61(64)55-52-49-46-43-40-21-18-15-12-9-6-3)69-63(66)57-54-51-48-45-42-39-37-35-32-29-27-25-23-20-17-14-11-8-5-2/h8,11,15,17-18,20,25,27,32,35,39,42,48,51,60H,4-7,9-10,12-14,16,19,21-24,26,28-31,33-34,36-38,40-41,43-47,49-50,52-59H2,1-3H3/b11-8-,18-15-,20-17-,27-25-,35-32-,42-39-,51-48-. The van der Waals surface area contributed by atoms with E-state index in [2.05, 4.69) is 99.8 Å². The minimum absolute atomic E-state index is 0.107. The highest BCUT2D eigenvalue weighted by atomic mass is 16.6. The van der Waals surface area contributed by atoms with E-state index in [-0.39, 0.29) is 31.6 Å². The minimum Gasteiger partial charge on any atom is -0.462 e. The first-order chi connectivity index (χ1) is 34.0. The molecule has 1 unspecified atom stereocenters. The summed E-state index contributed by atoms with van der Waals surface area (Å²) in [5, 5.41) is 0. The molecule has 0 aromatic rings. The highest BCUT2D eigenvalue weighted by Crippen LogP contribution is 2.16. The van der Waals surface area contributed by atoms with Crippen LogP contribution in [0.5, 0.6) is 0 Å². The van der Waals surface area contributed by atoms with Gasteiger partial charge in [-0.1, -0.05) is 266 Å². The number of unbranched alkanes of at least 4 members (excludes halogenated alkanes) is 27. The van der Waals surface area contributed by atoms with Gasteiger partial charge in [0.1, 0.15) is 13.2 Å². The molecule has 0 heterocycles. The number of hydrogen-bond donors (Lipinski definition) is 0. The van der Waals surface area contributed by atoms with Crippen LogP contribution >= 0.6 is 0 Å². The third-order valence-corrected chi connectivity index (χ3v) is 12.4. The summed E-state index contributed by atoms with van der Waals surface area (Å²) in [4.78, 5) is 38.1. The van der Waals surface area contributed by atoms with E-state index in [0.29, 0.717) is 19.3 Å². The molecule has 0 bridgehead atoms. The van der Waals surface area contributed by atoms with Crippen molar-refractivity contribution in [1.82, 2.24) is 0 Å². The van der Waals surface area contributed by atoms with Crippen molar-refractivity contribution in [3.63, 3.8) is 0 Å². The summed E-state index contributed by atoms with van der Waals surface area (Å²) < 4.78 is 16.8. The number of rotatable bonds is 52. The lowest BCUT2D eigenvalue weighted by molar-refractivity contribution is -0.166. The molecule has 0 saturated carbocycles. The Balaban J connectivity index is 4.40. The van der Waals surface area contributed by atoms with E-state index >= 15 is 0 Å². The lowest BCUT2D eigenvalue weighted by Gasteiger charge is -2.18. The van der Waals surface area contributed by atoms with E-state index in [1.165, 1.54) is 141 Å². The Labute approximate surface area is 426 Å². The summed E-state index contributed by atoms with van der Waals surface area (Å²) in [6, 6.07) is 0. The summed E-state index contributed by atoms with van der Waals surface area (Å²) in [7, 11) is 0. The first-order valence-electron chi connectivity index (χ1n) is 29.1. The zero-order valence-electron chi connectivity index (χ0n) is 45.3. The summed E-state index contributed by atoms with van der Waals surface area (Å²) >= 11 is 0. The molecule has 0 fully saturated rings. The van der Waals surface area contributed by atoms with Crippen LogP contribution in [0.3, 0.4) is 0 Å². The lowest BCUT2D eigenvalue weighted by atomic mass is 10.0. The summed E-state index contributed by atoms with van der Waals surface area (Å²) in [6.07, 6.45) is 74.6. The maximum absolute atomic E-state index is 12.8. The van der Waals surface area contributed by atoms with Crippen molar-refractivity contribution in [2.75, 3.05) is 13.2 Å². The zero-order chi connectivity index (χ0) is 50.0. The van der Waals surface area contributed by atoms with Crippen LogP contribution in [0.4, 0.5) is 0 Å². The summed E-state index contributed by atoms with van der Waals surface area (Å²) in [5.74, 6) is -0.996. The second kappa shape index (κ2) is 57.2. The van der Waals surface area contributed by atoms with E-state index in [4.69, 9.17) is 14.2 Å². The molecule has 0 aliphatic carbocycles. The smallest absolute Gasteiger partial charge is 0.306 e. The molecule has 0 saturated heterocycles. The normalized spacial score (nSPS) is 12.7. The third-order valence-electron chi connectivity index (χ3n) is 12.4. The third kappa shape index (κ3) is 55.4. The highest BCUT2D eigenvalue weighted by Gasteiger charge is 2.19. The van der Waals surface area contributed by atoms with Crippen molar-refractivity contribution in [2.24, 2.45) is 0 Å². The van der Waals surface area contributed by atoms with Gasteiger partial charge in [0.05, 0.1) is 0 Å². The Morgan fingerprint density at radius 2 is 0.609 bits per heavy atom. The predicted molar refractivity (Wildman–Crippen MR) is 297 cm³/mol. The van der Waals surface area contributed by atoms with Crippen molar-refractivity contribution >= 4 is 17.9 Å². The largest absolute Gasteiger partial charge is 0.462 e. The average molecular weight is 962 g/mol. The van der Waals surface area contributed by atoms with Gasteiger partial charge in [0.25, 0.3) is 0 Å².